The van der Waals surface area contributed by atoms with Crippen molar-refractivity contribution < 1.29 is 22.4 Å². The minimum absolute atomic E-state index is 0.0207. The summed E-state index contributed by atoms with van der Waals surface area (Å²) in [7, 11) is 0. The van der Waals surface area contributed by atoms with E-state index in [4.69, 9.17) is 11.6 Å². The third-order valence-corrected chi connectivity index (χ3v) is 5.54. The van der Waals surface area contributed by atoms with Gasteiger partial charge in [-0.25, -0.2) is 14.1 Å². The molecule has 0 aliphatic rings. The van der Waals surface area contributed by atoms with Crippen LogP contribution in [0.1, 0.15) is 28.2 Å². The Balaban J connectivity index is 1.55. The van der Waals surface area contributed by atoms with E-state index < -0.39 is 23.5 Å². The van der Waals surface area contributed by atoms with E-state index in [-0.39, 0.29) is 46.4 Å². The molecule has 1 aromatic carbocycles. The van der Waals surface area contributed by atoms with Crippen LogP contribution in [-0.4, -0.2) is 30.5 Å². The molecule has 1 N–H and O–H groups in total. The number of aromatic nitrogens is 5. The van der Waals surface area contributed by atoms with Crippen LogP contribution in [0.15, 0.2) is 30.3 Å². The minimum Gasteiger partial charge on any atom is -0.308 e. The smallest absolute Gasteiger partial charge is 0.308 e. The number of fused-ring (bicyclic) bond motifs is 1. The fraction of sp³-hybridized carbons (Fsp3) is 0.273. The predicted molar refractivity (Wildman–Crippen MR) is 118 cm³/mol. The summed E-state index contributed by atoms with van der Waals surface area (Å²) in [4.78, 5) is 16.8. The molecule has 1 amide bonds. The molecule has 4 rings (SSSR count). The molecule has 4 aromatic rings. The van der Waals surface area contributed by atoms with Gasteiger partial charge in [0.25, 0.3) is 0 Å². The molecular weight excluding hydrogens is 476 g/mol. The first-order valence-electron chi connectivity index (χ1n) is 10.1. The van der Waals surface area contributed by atoms with Gasteiger partial charge in [-0.2, -0.15) is 23.4 Å². The maximum atomic E-state index is 13.5. The highest BCUT2D eigenvalue weighted by Crippen LogP contribution is 2.36. The van der Waals surface area contributed by atoms with E-state index in [1.165, 1.54) is 26.0 Å². The molecular formula is C22H19ClF4N6O. The molecule has 178 valence electrons. The van der Waals surface area contributed by atoms with Crippen LogP contribution in [0.4, 0.5) is 23.4 Å². The van der Waals surface area contributed by atoms with Crippen molar-refractivity contribution in [3.05, 3.63) is 69.4 Å². The van der Waals surface area contributed by atoms with Crippen LogP contribution < -0.4 is 5.32 Å². The maximum absolute atomic E-state index is 13.5. The standard InChI is InChI=1S/C22H19ClF4N6O/c1-11-6-16(22(25,26)27)20-13(3)30-33(21(20)28-11)10-19(34)29-18-7-12(2)32(31-18)9-14-4-5-15(24)8-17(14)23/h4-8H,9-10H2,1-3H3,(H,29,31,34). The number of benzene rings is 1. The quantitative estimate of drug-likeness (QED) is 0.394. The summed E-state index contributed by atoms with van der Waals surface area (Å²) in [6.45, 7) is 4.57. The number of anilines is 1. The first-order chi connectivity index (χ1) is 15.9. The van der Waals surface area contributed by atoms with Gasteiger partial charge in [0, 0.05) is 22.5 Å². The van der Waals surface area contributed by atoms with Crippen LogP contribution in [0.25, 0.3) is 11.0 Å². The van der Waals surface area contributed by atoms with Crippen LogP contribution >= 0.6 is 11.6 Å². The van der Waals surface area contributed by atoms with E-state index in [0.29, 0.717) is 11.3 Å². The van der Waals surface area contributed by atoms with Crippen LogP contribution in [0.3, 0.4) is 0 Å². The third kappa shape index (κ3) is 4.74. The number of pyridine rings is 1. The lowest BCUT2D eigenvalue weighted by Gasteiger charge is -2.10. The molecule has 0 aliphatic carbocycles. The van der Waals surface area contributed by atoms with E-state index in [2.05, 4.69) is 20.5 Å². The lowest BCUT2D eigenvalue weighted by atomic mass is 10.1. The molecule has 12 heteroatoms. The monoisotopic (exact) mass is 494 g/mol. The molecule has 0 atom stereocenters. The number of hydrogen-bond acceptors (Lipinski definition) is 4. The lowest BCUT2D eigenvalue weighted by Crippen LogP contribution is -2.20. The highest BCUT2D eigenvalue weighted by Gasteiger charge is 2.35. The van der Waals surface area contributed by atoms with Gasteiger partial charge in [-0.05, 0) is 44.5 Å². The van der Waals surface area contributed by atoms with Crippen molar-refractivity contribution in [1.29, 1.82) is 0 Å². The third-order valence-electron chi connectivity index (χ3n) is 5.19. The van der Waals surface area contributed by atoms with Crippen molar-refractivity contribution in [3.63, 3.8) is 0 Å². The van der Waals surface area contributed by atoms with Crippen LogP contribution in [0.2, 0.25) is 5.02 Å². The van der Waals surface area contributed by atoms with Crippen molar-refractivity contribution in [2.45, 2.75) is 40.0 Å². The molecule has 3 aromatic heterocycles. The molecule has 34 heavy (non-hydrogen) atoms. The van der Waals surface area contributed by atoms with Crippen molar-refractivity contribution in [2.75, 3.05) is 5.32 Å². The predicted octanol–water partition coefficient (Wildman–Crippen LogP) is 5.05. The normalized spacial score (nSPS) is 11.9. The average Bonchev–Trinajstić information content (AvgIpc) is 3.21. The van der Waals surface area contributed by atoms with Gasteiger partial charge in [0.15, 0.2) is 11.5 Å². The van der Waals surface area contributed by atoms with Gasteiger partial charge in [-0.15, -0.1) is 0 Å². The Hall–Kier alpha value is -3.47. The fourth-order valence-electron chi connectivity index (χ4n) is 3.67. The first kappa shape index (κ1) is 23.7. The number of alkyl halides is 3. The highest BCUT2D eigenvalue weighted by atomic mass is 35.5. The Morgan fingerprint density at radius 2 is 1.82 bits per heavy atom. The second-order valence-electron chi connectivity index (χ2n) is 7.86. The van der Waals surface area contributed by atoms with Crippen molar-refractivity contribution in [1.82, 2.24) is 24.5 Å². The highest BCUT2D eigenvalue weighted by molar-refractivity contribution is 6.31. The number of carbonyl (C=O) groups is 1. The van der Waals surface area contributed by atoms with Gasteiger partial charge in [0.05, 0.1) is 23.2 Å². The SMILES string of the molecule is Cc1cc(C(F)(F)F)c2c(C)nn(CC(=O)Nc3cc(C)n(Cc4ccc(F)cc4Cl)n3)c2n1. The van der Waals surface area contributed by atoms with Crippen molar-refractivity contribution >= 4 is 34.4 Å². The number of halogens is 5. The number of nitrogens with zero attached hydrogens (tertiary/aromatic N) is 5. The number of carbonyl (C=O) groups excluding carboxylic acids is 1. The Kier molecular flexibility index (Phi) is 6.07. The molecule has 0 spiro atoms. The number of aryl methyl sites for hydroxylation is 3. The number of hydrogen-bond donors (Lipinski definition) is 1. The molecule has 0 fully saturated rings. The van der Waals surface area contributed by atoms with Gasteiger partial charge in [-0.1, -0.05) is 17.7 Å². The van der Waals surface area contributed by atoms with Crippen molar-refractivity contribution in [2.24, 2.45) is 0 Å². The van der Waals surface area contributed by atoms with Crippen LogP contribution in [0, 0.1) is 26.6 Å². The Labute approximate surface area is 196 Å². The van der Waals surface area contributed by atoms with Gasteiger partial charge in [-0.3, -0.25) is 9.48 Å². The van der Waals surface area contributed by atoms with E-state index in [1.807, 2.05) is 0 Å². The molecule has 0 saturated heterocycles. The van der Waals surface area contributed by atoms with Gasteiger partial charge in [0.1, 0.15) is 12.4 Å². The number of amides is 1. The van der Waals surface area contributed by atoms with E-state index in [9.17, 15) is 22.4 Å². The summed E-state index contributed by atoms with van der Waals surface area (Å²) >= 11 is 6.08. The molecule has 0 radical (unpaired) electrons. The Morgan fingerprint density at radius 3 is 2.50 bits per heavy atom. The molecule has 0 unspecified atom stereocenters. The number of rotatable bonds is 5. The molecule has 7 nitrogen and oxygen atoms in total. The van der Waals surface area contributed by atoms with E-state index >= 15 is 0 Å². The van der Waals surface area contributed by atoms with E-state index in [0.717, 1.165) is 10.7 Å². The molecule has 0 saturated carbocycles. The fourth-order valence-corrected chi connectivity index (χ4v) is 3.90. The maximum Gasteiger partial charge on any atom is 0.417 e. The summed E-state index contributed by atoms with van der Waals surface area (Å²) in [5, 5.41) is 11.2. The average molecular weight is 495 g/mol. The number of nitrogens with one attached hydrogen (secondary N) is 1. The second-order valence-corrected chi connectivity index (χ2v) is 8.27. The molecule has 0 bridgehead atoms. The van der Waals surface area contributed by atoms with Gasteiger partial charge < -0.3 is 5.32 Å². The van der Waals surface area contributed by atoms with Crippen LogP contribution in [0.5, 0.6) is 0 Å². The summed E-state index contributed by atoms with van der Waals surface area (Å²) < 4.78 is 56.5. The largest absolute Gasteiger partial charge is 0.417 e. The van der Waals surface area contributed by atoms with Crippen LogP contribution in [-0.2, 0) is 24.1 Å². The van der Waals surface area contributed by atoms with Crippen molar-refractivity contribution in [3.8, 4) is 0 Å². The summed E-state index contributed by atoms with van der Waals surface area (Å²) in [5.41, 5.74) is 0.783. The second kappa shape index (κ2) is 8.71. The summed E-state index contributed by atoms with van der Waals surface area (Å²) in [6, 6.07) is 6.64. The molecule has 0 aliphatic heterocycles. The summed E-state index contributed by atoms with van der Waals surface area (Å²) in [5.74, 6) is -0.743. The minimum atomic E-state index is -4.58. The molecule has 3 heterocycles. The zero-order valence-electron chi connectivity index (χ0n) is 18.3. The lowest BCUT2D eigenvalue weighted by molar-refractivity contribution is -0.136. The zero-order valence-corrected chi connectivity index (χ0v) is 19.1. The first-order valence-corrected chi connectivity index (χ1v) is 10.5. The van der Waals surface area contributed by atoms with Gasteiger partial charge >= 0.3 is 6.18 Å². The van der Waals surface area contributed by atoms with E-state index in [1.54, 1.807) is 23.7 Å². The zero-order chi connectivity index (χ0) is 24.8. The topological polar surface area (TPSA) is 77.6 Å². The van der Waals surface area contributed by atoms with Gasteiger partial charge in [0.2, 0.25) is 5.91 Å². The Bertz CT molecular complexity index is 1410. The Morgan fingerprint density at radius 1 is 1.09 bits per heavy atom. The summed E-state index contributed by atoms with van der Waals surface area (Å²) in [6.07, 6.45) is -4.58.